The maximum absolute atomic E-state index is 13.1. The Morgan fingerprint density at radius 2 is 1.75 bits per heavy atom. The first-order valence-corrected chi connectivity index (χ1v) is 9.87. The van der Waals surface area contributed by atoms with Gasteiger partial charge in [0.1, 0.15) is 11.1 Å². The zero-order valence-electron chi connectivity index (χ0n) is 16.9. The number of benzene rings is 1. The van der Waals surface area contributed by atoms with Crippen molar-refractivity contribution in [2.24, 2.45) is 0 Å². The van der Waals surface area contributed by atoms with Gasteiger partial charge in [-0.3, -0.25) is 4.90 Å². The first kappa shape index (κ1) is 20.3. The third-order valence-electron chi connectivity index (χ3n) is 5.49. The molecule has 1 N–H and O–H groups in total. The molecule has 1 atom stereocenters. The average Bonchev–Trinajstić information content (AvgIpc) is 2.67. The van der Waals surface area contributed by atoms with Crippen molar-refractivity contribution in [3.8, 4) is 0 Å². The van der Waals surface area contributed by atoms with E-state index in [0.717, 1.165) is 31.5 Å². The minimum absolute atomic E-state index is 0.190. The van der Waals surface area contributed by atoms with Gasteiger partial charge >= 0.3 is 11.9 Å². The van der Waals surface area contributed by atoms with Crippen LogP contribution in [0.1, 0.15) is 61.9 Å². The minimum Gasteiger partial charge on any atom is -0.478 e. The summed E-state index contributed by atoms with van der Waals surface area (Å²) in [5.41, 5.74) is 0.211. The number of allylic oxidation sites excluding steroid dienone is 2. The van der Waals surface area contributed by atoms with E-state index in [0.29, 0.717) is 17.9 Å². The molecule has 1 saturated heterocycles. The molecule has 150 valence electrons. The first-order valence-electron chi connectivity index (χ1n) is 9.87. The van der Waals surface area contributed by atoms with Crippen LogP contribution < -0.4 is 0 Å². The molecule has 1 heterocycles. The first-order chi connectivity index (χ1) is 13.2. The van der Waals surface area contributed by atoms with Gasteiger partial charge in [0.15, 0.2) is 0 Å². The van der Waals surface area contributed by atoms with Gasteiger partial charge in [-0.15, -0.1) is 0 Å². The number of aromatic carboxylic acids is 1. The van der Waals surface area contributed by atoms with Crippen LogP contribution in [-0.2, 0) is 9.53 Å². The van der Waals surface area contributed by atoms with Gasteiger partial charge in [-0.2, -0.15) is 0 Å². The fourth-order valence-electron chi connectivity index (χ4n) is 4.00. The van der Waals surface area contributed by atoms with Crippen molar-refractivity contribution in [3.63, 3.8) is 0 Å². The van der Waals surface area contributed by atoms with Gasteiger partial charge < -0.3 is 9.84 Å². The highest BCUT2D eigenvalue weighted by Gasteiger charge is 2.45. The fraction of sp³-hybridized carbons (Fsp3) is 0.478. The molecule has 28 heavy (non-hydrogen) atoms. The van der Waals surface area contributed by atoms with Crippen LogP contribution in [-0.4, -0.2) is 46.2 Å². The molecule has 5 heteroatoms. The van der Waals surface area contributed by atoms with Crippen molar-refractivity contribution >= 4 is 11.9 Å². The van der Waals surface area contributed by atoms with Gasteiger partial charge in [0.2, 0.25) is 0 Å². The molecule has 0 bridgehead atoms. The normalized spacial score (nSPS) is 23.5. The number of likely N-dealkylation sites (tertiary alicyclic amines) is 1. The van der Waals surface area contributed by atoms with Crippen molar-refractivity contribution < 1.29 is 19.4 Å². The molecule has 0 spiro atoms. The second kappa shape index (κ2) is 7.92. The van der Waals surface area contributed by atoms with E-state index < -0.39 is 17.1 Å². The maximum atomic E-state index is 13.1. The highest BCUT2D eigenvalue weighted by Crippen LogP contribution is 2.36. The second-order valence-electron chi connectivity index (χ2n) is 8.61. The SMILES string of the molecule is CC(C)(C)OC(=O)C1(N2CCC(c3ccc(C(=O)O)cc3)CC2)C=CC=CC1. The van der Waals surface area contributed by atoms with Crippen LogP contribution in [0.15, 0.2) is 48.6 Å². The number of carbonyl (C=O) groups excluding carboxylic acids is 1. The topological polar surface area (TPSA) is 66.8 Å². The summed E-state index contributed by atoms with van der Waals surface area (Å²) in [6, 6.07) is 7.16. The molecule has 1 fully saturated rings. The number of esters is 1. The smallest absolute Gasteiger partial charge is 0.335 e. The summed E-state index contributed by atoms with van der Waals surface area (Å²) in [6.07, 6.45) is 10.4. The van der Waals surface area contributed by atoms with Crippen molar-refractivity contribution in [1.29, 1.82) is 0 Å². The Morgan fingerprint density at radius 1 is 1.11 bits per heavy atom. The molecule has 0 amide bonds. The highest BCUT2D eigenvalue weighted by atomic mass is 16.6. The Kier molecular flexibility index (Phi) is 5.75. The Hall–Kier alpha value is -2.40. The zero-order valence-corrected chi connectivity index (χ0v) is 16.9. The van der Waals surface area contributed by atoms with Crippen molar-refractivity contribution in [2.45, 2.75) is 57.1 Å². The molecule has 1 aromatic rings. The molecule has 5 nitrogen and oxygen atoms in total. The predicted molar refractivity (Wildman–Crippen MR) is 108 cm³/mol. The summed E-state index contributed by atoms with van der Waals surface area (Å²) in [6.45, 7) is 7.28. The molecular weight excluding hydrogens is 354 g/mol. The third-order valence-corrected chi connectivity index (χ3v) is 5.49. The fourth-order valence-corrected chi connectivity index (χ4v) is 4.00. The van der Waals surface area contributed by atoms with E-state index in [1.807, 2.05) is 57.2 Å². The van der Waals surface area contributed by atoms with Gasteiger partial charge in [0.05, 0.1) is 5.56 Å². The molecule has 1 aromatic carbocycles. The van der Waals surface area contributed by atoms with Gasteiger partial charge in [-0.1, -0.05) is 36.4 Å². The summed E-state index contributed by atoms with van der Waals surface area (Å²) in [5, 5.41) is 9.06. The van der Waals surface area contributed by atoms with Crippen molar-refractivity contribution in [3.05, 3.63) is 59.7 Å². The van der Waals surface area contributed by atoms with Crippen LogP contribution in [0.4, 0.5) is 0 Å². The number of hydrogen-bond donors (Lipinski definition) is 1. The average molecular weight is 383 g/mol. The molecule has 1 aliphatic heterocycles. The van der Waals surface area contributed by atoms with Crippen LogP contribution in [0.2, 0.25) is 0 Å². The number of ether oxygens (including phenoxy) is 1. The monoisotopic (exact) mass is 383 g/mol. The Bertz CT molecular complexity index is 780. The largest absolute Gasteiger partial charge is 0.478 e. The maximum Gasteiger partial charge on any atom is 0.335 e. The lowest BCUT2D eigenvalue weighted by Gasteiger charge is -2.45. The molecular formula is C23H29NO4. The van der Waals surface area contributed by atoms with Gasteiger partial charge in [-0.05, 0) is 63.6 Å². The zero-order chi connectivity index (χ0) is 20.4. The van der Waals surface area contributed by atoms with E-state index in [9.17, 15) is 9.59 Å². The number of carboxylic acid groups (broad SMARTS) is 1. The number of rotatable bonds is 4. The van der Waals surface area contributed by atoms with Crippen LogP contribution in [0.25, 0.3) is 0 Å². The molecule has 2 aliphatic rings. The summed E-state index contributed by atoms with van der Waals surface area (Å²) in [5.74, 6) is -0.722. The van der Waals surface area contributed by atoms with Crippen molar-refractivity contribution in [2.75, 3.05) is 13.1 Å². The number of nitrogens with zero attached hydrogens (tertiary/aromatic N) is 1. The van der Waals surface area contributed by atoms with E-state index in [2.05, 4.69) is 4.90 Å². The predicted octanol–water partition coefficient (Wildman–Crippen LogP) is 4.16. The van der Waals surface area contributed by atoms with Gasteiger partial charge in [0, 0.05) is 13.1 Å². The number of carboxylic acids is 1. The quantitative estimate of drug-likeness (QED) is 0.791. The van der Waals surface area contributed by atoms with Crippen LogP contribution in [0, 0.1) is 0 Å². The van der Waals surface area contributed by atoms with E-state index in [-0.39, 0.29) is 5.97 Å². The van der Waals surface area contributed by atoms with E-state index >= 15 is 0 Å². The summed E-state index contributed by atoms with van der Waals surface area (Å²) in [7, 11) is 0. The van der Waals surface area contributed by atoms with Gasteiger partial charge in [-0.25, -0.2) is 9.59 Å². The van der Waals surface area contributed by atoms with E-state index in [1.165, 1.54) is 0 Å². The minimum atomic E-state index is -0.905. The van der Waals surface area contributed by atoms with Crippen LogP contribution >= 0.6 is 0 Å². The van der Waals surface area contributed by atoms with Crippen molar-refractivity contribution in [1.82, 2.24) is 4.90 Å². The number of piperidine rings is 1. The van der Waals surface area contributed by atoms with E-state index in [1.54, 1.807) is 12.1 Å². The molecule has 0 radical (unpaired) electrons. The Morgan fingerprint density at radius 3 is 2.25 bits per heavy atom. The van der Waals surface area contributed by atoms with Crippen LogP contribution in [0.5, 0.6) is 0 Å². The standard InChI is InChI=1S/C23H29NO4/c1-22(2,3)28-21(27)23(13-5-4-6-14-23)24-15-11-18(12-16-24)17-7-9-19(10-8-17)20(25)26/h4-10,13,18H,11-12,14-16H2,1-3H3,(H,25,26). The Balaban J connectivity index is 1.72. The number of carbonyl (C=O) groups is 2. The van der Waals surface area contributed by atoms with Gasteiger partial charge in [0.25, 0.3) is 0 Å². The highest BCUT2D eigenvalue weighted by molar-refractivity contribution is 5.87. The lowest BCUT2D eigenvalue weighted by molar-refractivity contribution is -0.167. The third kappa shape index (κ3) is 4.36. The van der Waals surface area contributed by atoms with E-state index in [4.69, 9.17) is 9.84 Å². The molecule has 0 saturated carbocycles. The Labute approximate surface area is 166 Å². The molecule has 0 aromatic heterocycles. The second-order valence-corrected chi connectivity index (χ2v) is 8.61. The lowest BCUT2D eigenvalue weighted by atomic mass is 9.83. The molecule has 1 aliphatic carbocycles. The molecule has 3 rings (SSSR count). The van der Waals surface area contributed by atoms with Crippen LogP contribution in [0.3, 0.4) is 0 Å². The summed E-state index contributed by atoms with van der Waals surface area (Å²) < 4.78 is 5.76. The lowest BCUT2D eigenvalue weighted by Crippen LogP contribution is -2.57. The number of hydrogen-bond acceptors (Lipinski definition) is 4. The summed E-state index contributed by atoms with van der Waals surface area (Å²) >= 11 is 0. The molecule has 1 unspecified atom stereocenters. The summed E-state index contributed by atoms with van der Waals surface area (Å²) in [4.78, 5) is 26.4.